The summed E-state index contributed by atoms with van der Waals surface area (Å²) in [6.45, 7) is 8.22. The quantitative estimate of drug-likeness (QED) is 0.770. The fourth-order valence-electron chi connectivity index (χ4n) is 3.55. The van der Waals surface area contributed by atoms with Crippen LogP contribution in [0.4, 0.5) is 5.69 Å². The topological polar surface area (TPSA) is 50.8 Å². The highest BCUT2D eigenvalue weighted by Gasteiger charge is 2.47. The maximum atomic E-state index is 12.5. The molecular formula is C21H32N2O3. The molecule has 1 saturated carbocycles. The second-order valence-corrected chi connectivity index (χ2v) is 7.94. The van der Waals surface area contributed by atoms with Crippen LogP contribution in [0.25, 0.3) is 0 Å². The van der Waals surface area contributed by atoms with Gasteiger partial charge in [0.05, 0.1) is 0 Å². The minimum Gasteiger partial charge on any atom is -0.492 e. The zero-order valence-corrected chi connectivity index (χ0v) is 16.3. The number of amides is 1. The molecule has 2 fully saturated rings. The van der Waals surface area contributed by atoms with E-state index in [2.05, 4.69) is 17.1 Å². The van der Waals surface area contributed by atoms with Crippen molar-refractivity contribution in [1.82, 2.24) is 4.90 Å². The number of methoxy groups -OCH3 is 1. The molecule has 1 amide bonds. The van der Waals surface area contributed by atoms with Crippen LogP contribution < -0.4 is 10.1 Å². The molecule has 0 spiro atoms. The molecule has 1 N–H and O–H groups in total. The number of nitrogens with zero attached hydrogens (tertiary/aromatic N) is 1. The molecule has 1 saturated heterocycles. The van der Waals surface area contributed by atoms with Crippen LogP contribution in [0.5, 0.6) is 5.75 Å². The molecule has 5 heteroatoms. The Morgan fingerprint density at radius 1 is 1.19 bits per heavy atom. The third-order valence-corrected chi connectivity index (χ3v) is 5.90. The lowest BCUT2D eigenvalue weighted by molar-refractivity contribution is -0.138. The summed E-state index contributed by atoms with van der Waals surface area (Å²) in [5, 5.41) is 2.97. The number of carbonyl (C=O) groups is 1. The highest BCUT2D eigenvalue weighted by atomic mass is 16.5. The second-order valence-electron chi connectivity index (χ2n) is 7.94. The summed E-state index contributed by atoms with van der Waals surface area (Å²) in [6, 6.07) is 7.60. The Bertz CT molecular complexity index is 592. The number of piperidine rings is 1. The standard InChI is InChI=1S/C21H32N2O3/c1-16-10-12-23(13-11-16)14-15-26-19-8-6-18(7-9-19)22-20(24)21(2,25-3)17-4-5-17/h6-9,16-17H,4-5,10-15H2,1-3H3,(H,22,24)/t21-/m1/s1. The van der Waals surface area contributed by atoms with Gasteiger partial charge in [0.2, 0.25) is 0 Å². The number of carbonyl (C=O) groups excluding carboxylic acids is 1. The van der Waals surface area contributed by atoms with E-state index in [9.17, 15) is 4.79 Å². The van der Waals surface area contributed by atoms with E-state index < -0.39 is 5.60 Å². The Hall–Kier alpha value is -1.59. The van der Waals surface area contributed by atoms with Gasteiger partial charge in [-0.25, -0.2) is 0 Å². The van der Waals surface area contributed by atoms with Gasteiger partial charge in [0.15, 0.2) is 0 Å². The summed E-state index contributed by atoms with van der Waals surface area (Å²) < 4.78 is 11.3. The molecule has 1 atom stereocenters. The molecule has 0 radical (unpaired) electrons. The van der Waals surface area contributed by atoms with E-state index in [-0.39, 0.29) is 5.91 Å². The van der Waals surface area contributed by atoms with E-state index >= 15 is 0 Å². The molecule has 1 heterocycles. The molecule has 2 aliphatic rings. The molecular weight excluding hydrogens is 328 g/mol. The summed E-state index contributed by atoms with van der Waals surface area (Å²) in [5.41, 5.74) is 0.0393. The fourth-order valence-corrected chi connectivity index (χ4v) is 3.55. The van der Waals surface area contributed by atoms with Crippen molar-refractivity contribution in [1.29, 1.82) is 0 Å². The molecule has 1 aliphatic heterocycles. The van der Waals surface area contributed by atoms with Crippen LogP contribution in [-0.4, -0.2) is 49.8 Å². The van der Waals surface area contributed by atoms with Crippen LogP contribution in [0.1, 0.15) is 39.5 Å². The summed E-state index contributed by atoms with van der Waals surface area (Å²) in [7, 11) is 1.61. The smallest absolute Gasteiger partial charge is 0.256 e. The van der Waals surface area contributed by atoms with E-state index in [0.29, 0.717) is 12.5 Å². The van der Waals surface area contributed by atoms with Gasteiger partial charge < -0.3 is 14.8 Å². The Morgan fingerprint density at radius 3 is 2.42 bits per heavy atom. The van der Waals surface area contributed by atoms with Crippen molar-refractivity contribution >= 4 is 11.6 Å². The fraction of sp³-hybridized carbons (Fsp3) is 0.667. The molecule has 144 valence electrons. The lowest BCUT2D eigenvalue weighted by Gasteiger charge is -2.29. The van der Waals surface area contributed by atoms with Crippen LogP contribution >= 0.6 is 0 Å². The summed E-state index contributed by atoms with van der Waals surface area (Å²) in [5.74, 6) is 1.95. The number of rotatable bonds is 8. The predicted octanol–water partition coefficient (Wildman–Crippen LogP) is 3.55. The van der Waals surface area contributed by atoms with Crippen LogP contribution in [0, 0.1) is 11.8 Å². The van der Waals surface area contributed by atoms with E-state index in [4.69, 9.17) is 9.47 Å². The van der Waals surface area contributed by atoms with Crippen molar-refractivity contribution in [2.24, 2.45) is 11.8 Å². The summed E-state index contributed by atoms with van der Waals surface area (Å²) in [6.07, 6.45) is 4.69. The Labute approximate surface area is 157 Å². The van der Waals surface area contributed by atoms with Gasteiger partial charge in [0.1, 0.15) is 18.0 Å². The Balaban J connectivity index is 1.44. The van der Waals surface area contributed by atoms with Crippen molar-refractivity contribution in [3.63, 3.8) is 0 Å². The van der Waals surface area contributed by atoms with Crippen molar-refractivity contribution in [2.45, 2.75) is 45.1 Å². The van der Waals surface area contributed by atoms with Crippen LogP contribution in [-0.2, 0) is 9.53 Å². The van der Waals surface area contributed by atoms with Gasteiger partial charge in [0, 0.05) is 19.3 Å². The highest BCUT2D eigenvalue weighted by molar-refractivity contribution is 5.97. The Morgan fingerprint density at radius 2 is 1.85 bits per heavy atom. The lowest BCUT2D eigenvalue weighted by Crippen LogP contribution is -2.44. The number of likely N-dealkylation sites (tertiary alicyclic amines) is 1. The summed E-state index contributed by atoms with van der Waals surface area (Å²) in [4.78, 5) is 15.0. The third kappa shape index (κ3) is 4.77. The first-order valence-corrected chi connectivity index (χ1v) is 9.83. The number of hydrogen-bond donors (Lipinski definition) is 1. The average Bonchev–Trinajstić information content (AvgIpc) is 3.49. The molecule has 0 unspecified atom stereocenters. The van der Waals surface area contributed by atoms with Gasteiger partial charge in [0.25, 0.3) is 5.91 Å². The van der Waals surface area contributed by atoms with Gasteiger partial charge in [-0.3, -0.25) is 9.69 Å². The monoisotopic (exact) mass is 360 g/mol. The van der Waals surface area contributed by atoms with Crippen LogP contribution in [0.3, 0.4) is 0 Å². The highest BCUT2D eigenvalue weighted by Crippen LogP contribution is 2.42. The predicted molar refractivity (Wildman–Crippen MR) is 104 cm³/mol. The minimum absolute atomic E-state index is 0.0736. The Kier molecular flexibility index (Phi) is 6.20. The van der Waals surface area contributed by atoms with Gasteiger partial charge >= 0.3 is 0 Å². The zero-order chi connectivity index (χ0) is 18.6. The van der Waals surface area contributed by atoms with E-state index in [1.54, 1.807) is 7.11 Å². The number of hydrogen-bond acceptors (Lipinski definition) is 4. The maximum absolute atomic E-state index is 12.5. The zero-order valence-electron chi connectivity index (χ0n) is 16.3. The maximum Gasteiger partial charge on any atom is 0.256 e. The molecule has 1 aromatic rings. The molecule has 5 nitrogen and oxygen atoms in total. The van der Waals surface area contributed by atoms with Crippen molar-refractivity contribution in [3.8, 4) is 5.75 Å². The molecule has 0 bridgehead atoms. The number of anilines is 1. The average molecular weight is 360 g/mol. The van der Waals surface area contributed by atoms with Crippen molar-refractivity contribution in [2.75, 3.05) is 38.7 Å². The van der Waals surface area contributed by atoms with Crippen LogP contribution in [0.15, 0.2) is 24.3 Å². The number of ether oxygens (including phenoxy) is 2. The molecule has 1 aromatic carbocycles. The molecule has 0 aromatic heterocycles. The van der Waals surface area contributed by atoms with Gasteiger partial charge in [-0.15, -0.1) is 0 Å². The van der Waals surface area contributed by atoms with Gasteiger partial charge in [-0.05, 0) is 81.8 Å². The third-order valence-electron chi connectivity index (χ3n) is 5.90. The van der Waals surface area contributed by atoms with E-state index in [1.165, 1.54) is 25.9 Å². The SMILES string of the molecule is CO[C@@](C)(C(=O)Nc1ccc(OCCN2CCC(C)CC2)cc1)C1CC1. The first kappa shape index (κ1) is 19.2. The van der Waals surface area contributed by atoms with Crippen molar-refractivity contribution in [3.05, 3.63) is 24.3 Å². The minimum atomic E-state index is -0.735. The van der Waals surface area contributed by atoms with E-state index in [0.717, 1.165) is 36.7 Å². The van der Waals surface area contributed by atoms with Gasteiger partial charge in [-0.2, -0.15) is 0 Å². The molecule has 26 heavy (non-hydrogen) atoms. The number of benzene rings is 1. The van der Waals surface area contributed by atoms with Gasteiger partial charge in [-0.1, -0.05) is 6.92 Å². The summed E-state index contributed by atoms with van der Waals surface area (Å²) >= 11 is 0. The second kappa shape index (κ2) is 8.40. The number of nitrogens with one attached hydrogen (secondary N) is 1. The first-order valence-electron chi connectivity index (χ1n) is 9.83. The normalized spacial score (nSPS) is 21.2. The van der Waals surface area contributed by atoms with Crippen molar-refractivity contribution < 1.29 is 14.3 Å². The largest absolute Gasteiger partial charge is 0.492 e. The first-order chi connectivity index (χ1) is 12.5. The molecule has 3 rings (SSSR count). The van der Waals surface area contributed by atoms with Crippen LogP contribution in [0.2, 0.25) is 0 Å². The van der Waals surface area contributed by atoms with E-state index in [1.807, 2.05) is 31.2 Å². The lowest BCUT2D eigenvalue weighted by atomic mass is 9.99. The molecule has 1 aliphatic carbocycles.